The summed E-state index contributed by atoms with van der Waals surface area (Å²) < 4.78 is 5.59. The third-order valence-corrected chi connectivity index (χ3v) is 6.58. The van der Waals surface area contributed by atoms with E-state index < -0.39 is 0 Å². The van der Waals surface area contributed by atoms with Crippen LogP contribution in [0.15, 0.2) is 77.5 Å². The minimum Gasteiger partial charge on any atom is -0.468 e. The quantitative estimate of drug-likeness (QED) is 0.340. The van der Waals surface area contributed by atoms with Crippen LogP contribution < -0.4 is 5.32 Å². The number of hydrogen-bond acceptors (Lipinski definition) is 5. The van der Waals surface area contributed by atoms with Gasteiger partial charge in [0.1, 0.15) is 5.76 Å². The van der Waals surface area contributed by atoms with E-state index in [-0.39, 0.29) is 5.91 Å². The first-order valence-corrected chi connectivity index (χ1v) is 12.1. The molecule has 1 saturated carbocycles. The molecule has 0 atom stereocenters. The Labute approximate surface area is 200 Å². The smallest absolute Gasteiger partial charge is 0.252 e. The zero-order valence-electron chi connectivity index (χ0n) is 19.3. The van der Waals surface area contributed by atoms with Gasteiger partial charge < -0.3 is 9.73 Å². The molecule has 34 heavy (non-hydrogen) atoms. The lowest BCUT2D eigenvalue weighted by Crippen LogP contribution is -2.35. The van der Waals surface area contributed by atoms with Gasteiger partial charge in [0.2, 0.25) is 0 Å². The zero-order chi connectivity index (χ0) is 23.2. The van der Waals surface area contributed by atoms with E-state index in [1.165, 1.54) is 25.7 Å². The topological polar surface area (TPSA) is 71.3 Å². The van der Waals surface area contributed by atoms with Gasteiger partial charge in [-0.15, -0.1) is 0 Å². The number of amides is 1. The molecule has 0 saturated heterocycles. The van der Waals surface area contributed by atoms with Crippen molar-refractivity contribution in [1.29, 1.82) is 0 Å². The van der Waals surface area contributed by atoms with Crippen LogP contribution in [0.4, 0.5) is 0 Å². The molecule has 3 heterocycles. The van der Waals surface area contributed by atoms with Crippen LogP contribution in [0, 0.1) is 0 Å². The fourth-order valence-corrected chi connectivity index (χ4v) is 4.85. The molecular formula is C28H30N4O2. The lowest BCUT2D eigenvalue weighted by molar-refractivity contribution is 0.0951. The lowest BCUT2D eigenvalue weighted by Gasteiger charge is -2.28. The molecule has 6 heteroatoms. The number of para-hydroxylation sites is 1. The molecule has 1 fully saturated rings. The first-order valence-electron chi connectivity index (χ1n) is 12.1. The number of nitrogens with zero attached hydrogens (tertiary/aromatic N) is 3. The highest BCUT2D eigenvalue weighted by Gasteiger charge is 2.23. The molecule has 1 N–H and O–H groups in total. The maximum Gasteiger partial charge on any atom is 0.252 e. The van der Waals surface area contributed by atoms with Gasteiger partial charge in [-0.2, -0.15) is 0 Å². The van der Waals surface area contributed by atoms with E-state index in [1.54, 1.807) is 12.5 Å². The molecule has 0 bridgehead atoms. The number of carbonyl (C=O) groups is 1. The maximum atomic E-state index is 13.2. The summed E-state index contributed by atoms with van der Waals surface area (Å²) in [7, 11) is 0. The summed E-state index contributed by atoms with van der Waals surface area (Å²) in [6.45, 7) is 2.38. The van der Waals surface area contributed by atoms with Gasteiger partial charge in [0.05, 0.1) is 35.3 Å². The van der Waals surface area contributed by atoms with Crippen molar-refractivity contribution in [2.75, 3.05) is 13.1 Å². The van der Waals surface area contributed by atoms with Gasteiger partial charge in [-0.3, -0.25) is 14.7 Å². The highest BCUT2D eigenvalue weighted by Crippen LogP contribution is 2.26. The second-order valence-electron chi connectivity index (χ2n) is 8.88. The number of pyridine rings is 2. The summed E-state index contributed by atoms with van der Waals surface area (Å²) in [4.78, 5) is 24.9. The minimum absolute atomic E-state index is 0.0748. The number of fused-ring (bicyclic) bond motifs is 1. The molecule has 3 aromatic heterocycles. The number of aromatic nitrogens is 2. The van der Waals surface area contributed by atoms with Crippen molar-refractivity contribution in [2.24, 2.45) is 0 Å². The molecule has 1 aliphatic rings. The average molecular weight is 455 g/mol. The molecule has 0 aliphatic heterocycles. The van der Waals surface area contributed by atoms with Crippen LogP contribution in [0.1, 0.15) is 48.2 Å². The van der Waals surface area contributed by atoms with Gasteiger partial charge in [0.25, 0.3) is 5.91 Å². The Morgan fingerprint density at radius 3 is 2.68 bits per heavy atom. The lowest BCUT2D eigenvalue weighted by atomic mass is 10.1. The number of rotatable bonds is 9. The molecule has 0 radical (unpaired) electrons. The van der Waals surface area contributed by atoms with Gasteiger partial charge in [-0.05, 0) is 55.7 Å². The van der Waals surface area contributed by atoms with Gasteiger partial charge in [0, 0.05) is 30.7 Å². The summed E-state index contributed by atoms with van der Waals surface area (Å²) in [5.41, 5.74) is 2.89. The van der Waals surface area contributed by atoms with Crippen molar-refractivity contribution in [2.45, 2.75) is 44.7 Å². The number of nitrogens with one attached hydrogen (secondary N) is 1. The predicted molar refractivity (Wildman–Crippen MR) is 133 cm³/mol. The van der Waals surface area contributed by atoms with E-state index in [1.807, 2.05) is 60.7 Å². The summed E-state index contributed by atoms with van der Waals surface area (Å²) in [6, 6.07) is 19.9. The Bertz CT molecular complexity index is 1220. The van der Waals surface area contributed by atoms with Gasteiger partial charge in [0.15, 0.2) is 0 Å². The Balaban J connectivity index is 1.26. The van der Waals surface area contributed by atoms with Crippen LogP contribution in [0.25, 0.3) is 22.3 Å². The first-order chi connectivity index (χ1) is 16.8. The molecule has 0 unspecified atom stereocenters. The molecular weight excluding hydrogens is 424 g/mol. The van der Waals surface area contributed by atoms with E-state index in [9.17, 15) is 4.79 Å². The Kier molecular flexibility index (Phi) is 6.96. The van der Waals surface area contributed by atoms with E-state index in [0.717, 1.165) is 41.9 Å². The van der Waals surface area contributed by atoms with Crippen LogP contribution in [0.5, 0.6) is 0 Å². The SMILES string of the molecule is O=C(NCCCN(Cc1ccco1)C1CCCC1)c1cc(-c2ccccn2)nc2ccccc12. The Hall–Kier alpha value is -3.51. The monoisotopic (exact) mass is 454 g/mol. The van der Waals surface area contributed by atoms with Gasteiger partial charge in [-0.25, -0.2) is 4.98 Å². The summed E-state index contributed by atoms with van der Waals surface area (Å²) in [5.74, 6) is 0.926. The van der Waals surface area contributed by atoms with E-state index in [4.69, 9.17) is 9.40 Å². The van der Waals surface area contributed by atoms with Crippen LogP contribution in [-0.2, 0) is 6.54 Å². The fourth-order valence-electron chi connectivity index (χ4n) is 4.85. The fraction of sp³-hybridized carbons (Fsp3) is 0.321. The van der Waals surface area contributed by atoms with Crippen LogP contribution in [-0.4, -0.2) is 39.9 Å². The number of furan rings is 1. The van der Waals surface area contributed by atoms with Crippen molar-refractivity contribution in [1.82, 2.24) is 20.2 Å². The molecule has 1 amide bonds. The Morgan fingerprint density at radius 1 is 1.03 bits per heavy atom. The third kappa shape index (κ3) is 5.18. The second-order valence-corrected chi connectivity index (χ2v) is 8.88. The zero-order valence-corrected chi connectivity index (χ0v) is 19.3. The summed E-state index contributed by atoms with van der Waals surface area (Å²) in [6.07, 6.45) is 9.44. The third-order valence-electron chi connectivity index (χ3n) is 6.58. The first kappa shape index (κ1) is 22.3. The van der Waals surface area contributed by atoms with Crippen LogP contribution >= 0.6 is 0 Å². The molecule has 6 nitrogen and oxygen atoms in total. The second kappa shape index (κ2) is 10.6. The molecule has 174 valence electrons. The van der Waals surface area contributed by atoms with E-state index in [0.29, 0.717) is 23.8 Å². The standard InChI is InChI=1S/C28H30N4O2/c33-28(30-16-8-17-32(21-9-1-2-10-21)20-22-11-7-18-34-22)24-19-27(26-14-5-6-15-29-26)31-25-13-4-3-12-23(24)25/h3-7,11-15,18-19,21H,1-2,8-10,16-17,20H2,(H,30,33). The van der Waals surface area contributed by atoms with Gasteiger partial charge >= 0.3 is 0 Å². The van der Waals surface area contributed by atoms with Crippen molar-refractivity contribution in [3.8, 4) is 11.4 Å². The Morgan fingerprint density at radius 2 is 1.88 bits per heavy atom. The van der Waals surface area contributed by atoms with E-state index >= 15 is 0 Å². The minimum atomic E-state index is -0.0748. The van der Waals surface area contributed by atoms with Crippen LogP contribution in [0.3, 0.4) is 0 Å². The largest absolute Gasteiger partial charge is 0.468 e. The summed E-state index contributed by atoms with van der Waals surface area (Å²) in [5, 5.41) is 3.99. The van der Waals surface area contributed by atoms with Crippen molar-refractivity contribution < 1.29 is 9.21 Å². The number of carbonyl (C=O) groups excluding carboxylic acids is 1. The molecule has 4 aromatic rings. The average Bonchev–Trinajstić information content (AvgIpc) is 3.60. The predicted octanol–water partition coefficient (Wildman–Crippen LogP) is 5.45. The molecule has 1 aliphatic carbocycles. The normalized spacial score (nSPS) is 14.1. The van der Waals surface area contributed by atoms with Crippen molar-refractivity contribution >= 4 is 16.8 Å². The number of benzene rings is 1. The van der Waals surface area contributed by atoms with Crippen molar-refractivity contribution in [3.05, 3.63) is 84.4 Å². The maximum absolute atomic E-state index is 13.2. The highest BCUT2D eigenvalue weighted by atomic mass is 16.3. The number of hydrogen-bond donors (Lipinski definition) is 1. The summed E-state index contributed by atoms with van der Waals surface area (Å²) >= 11 is 0. The van der Waals surface area contributed by atoms with Crippen LogP contribution in [0.2, 0.25) is 0 Å². The van der Waals surface area contributed by atoms with E-state index in [2.05, 4.69) is 15.2 Å². The highest BCUT2D eigenvalue weighted by molar-refractivity contribution is 6.07. The molecule has 1 aromatic carbocycles. The van der Waals surface area contributed by atoms with Crippen molar-refractivity contribution in [3.63, 3.8) is 0 Å². The molecule has 0 spiro atoms. The van der Waals surface area contributed by atoms with Gasteiger partial charge in [-0.1, -0.05) is 37.1 Å². The molecule has 5 rings (SSSR count).